The first-order valence-electron chi connectivity index (χ1n) is 9.26. The zero-order valence-electron chi connectivity index (χ0n) is 15.8. The largest absolute Gasteiger partial charge is 0.486 e. The van der Waals surface area contributed by atoms with Crippen molar-refractivity contribution < 1.29 is 19.0 Å². The van der Waals surface area contributed by atoms with E-state index in [2.05, 4.69) is 15.3 Å². The van der Waals surface area contributed by atoms with Gasteiger partial charge in [-0.1, -0.05) is 6.92 Å². The fraction of sp³-hybridized carbons (Fsp3) is 0.286. The van der Waals surface area contributed by atoms with E-state index in [1.54, 1.807) is 0 Å². The Morgan fingerprint density at radius 2 is 2.00 bits per heavy atom. The molecule has 1 aliphatic rings. The maximum Gasteiger partial charge on any atom is 0.341 e. The van der Waals surface area contributed by atoms with Crippen LogP contribution >= 0.6 is 0 Å². The molecule has 0 unspecified atom stereocenters. The lowest BCUT2D eigenvalue weighted by atomic mass is 10.1. The number of rotatable bonds is 5. The van der Waals surface area contributed by atoms with Crippen molar-refractivity contribution in [3.63, 3.8) is 0 Å². The Labute approximate surface area is 162 Å². The number of benzene rings is 1. The number of pyridine rings is 2. The minimum absolute atomic E-state index is 0.354. The SMILES string of the molecule is CCCOC(=O)c1cnc2nc(C)ccc2c1Nc1ccc2c(c1)OCCO2. The molecule has 7 heteroatoms. The van der Waals surface area contributed by atoms with Crippen LogP contribution in [-0.2, 0) is 4.74 Å². The van der Waals surface area contributed by atoms with Crippen LogP contribution in [0, 0.1) is 6.92 Å². The lowest BCUT2D eigenvalue weighted by Gasteiger charge is -2.20. The molecule has 28 heavy (non-hydrogen) atoms. The van der Waals surface area contributed by atoms with Crippen molar-refractivity contribution in [3.8, 4) is 11.5 Å². The summed E-state index contributed by atoms with van der Waals surface area (Å²) in [5, 5.41) is 4.07. The molecule has 0 bridgehead atoms. The molecule has 2 aromatic heterocycles. The van der Waals surface area contributed by atoms with Crippen molar-refractivity contribution in [2.24, 2.45) is 0 Å². The molecule has 144 valence electrons. The van der Waals surface area contributed by atoms with Crippen molar-refractivity contribution in [2.75, 3.05) is 25.1 Å². The number of nitrogens with one attached hydrogen (secondary N) is 1. The summed E-state index contributed by atoms with van der Waals surface area (Å²) in [7, 11) is 0. The number of hydrogen-bond donors (Lipinski definition) is 1. The molecule has 1 aromatic carbocycles. The number of carbonyl (C=O) groups excluding carboxylic acids is 1. The molecule has 1 aliphatic heterocycles. The second-order valence-corrected chi connectivity index (χ2v) is 6.49. The van der Waals surface area contributed by atoms with Crippen LogP contribution in [0.15, 0.2) is 36.5 Å². The van der Waals surface area contributed by atoms with Crippen molar-refractivity contribution in [1.82, 2.24) is 9.97 Å². The molecule has 0 aliphatic carbocycles. The number of aryl methyl sites for hydroxylation is 1. The first-order valence-corrected chi connectivity index (χ1v) is 9.26. The summed E-state index contributed by atoms with van der Waals surface area (Å²) in [6, 6.07) is 9.37. The monoisotopic (exact) mass is 379 g/mol. The summed E-state index contributed by atoms with van der Waals surface area (Å²) < 4.78 is 16.6. The zero-order valence-corrected chi connectivity index (χ0v) is 15.8. The van der Waals surface area contributed by atoms with Crippen LogP contribution in [0.25, 0.3) is 11.0 Å². The maximum absolute atomic E-state index is 12.6. The van der Waals surface area contributed by atoms with Gasteiger partial charge in [0.25, 0.3) is 0 Å². The number of fused-ring (bicyclic) bond motifs is 2. The molecule has 0 atom stereocenters. The standard InChI is InChI=1S/C21H21N3O4/c1-3-8-28-21(25)16-12-22-20-15(6-4-13(2)23-20)19(16)24-14-5-7-17-18(11-14)27-10-9-26-17/h4-7,11-12H,3,8-10H2,1-2H3,(H,22,23,24). The van der Waals surface area contributed by atoms with Gasteiger partial charge in [0, 0.05) is 29.0 Å². The highest BCUT2D eigenvalue weighted by atomic mass is 16.6. The molecule has 0 spiro atoms. The molecule has 0 saturated heterocycles. The van der Waals surface area contributed by atoms with Gasteiger partial charge in [0.05, 0.1) is 12.3 Å². The van der Waals surface area contributed by atoms with Crippen molar-refractivity contribution in [1.29, 1.82) is 0 Å². The van der Waals surface area contributed by atoms with E-state index < -0.39 is 5.97 Å². The number of ether oxygens (including phenoxy) is 3. The average molecular weight is 379 g/mol. The number of carbonyl (C=O) groups is 1. The van der Waals surface area contributed by atoms with E-state index in [9.17, 15) is 4.79 Å². The van der Waals surface area contributed by atoms with Crippen LogP contribution in [0.5, 0.6) is 11.5 Å². The Morgan fingerprint density at radius 1 is 1.18 bits per heavy atom. The van der Waals surface area contributed by atoms with Gasteiger partial charge >= 0.3 is 5.97 Å². The van der Waals surface area contributed by atoms with E-state index in [0.29, 0.717) is 48.2 Å². The van der Waals surface area contributed by atoms with Gasteiger partial charge < -0.3 is 19.5 Å². The highest BCUT2D eigenvalue weighted by molar-refractivity contribution is 6.05. The molecule has 4 rings (SSSR count). The van der Waals surface area contributed by atoms with E-state index in [1.165, 1.54) is 6.20 Å². The molecule has 3 heterocycles. The summed E-state index contributed by atoms with van der Waals surface area (Å²) >= 11 is 0. The number of nitrogens with zero attached hydrogens (tertiary/aromatic N) is 2. The zero-order chi connectivity index (χ0) is 19.5. The van der Waals surface area contributed by atoms with Crippen LogP contribution in [-0.4, -0.2) is 35.8 Å². The highest BCUT2D eigenvalue weighted by Crippen LogP contribution is 2.35. The fourth-order valence-electron chi connectivity index (χ4n) is 3.00. The number of aromatic nitrogens is 2. The van der Waals surface area contributed by atoms with Crippen molar-refractivity contribution in [3.05, 3.63) is 47.8 Å². The lowest BCUT2D eigenvalue weighted by molar-refractivity contribution is 0.0506. The van der Waals surface area contributed by atoms with E-state index >= 15 is 0 Å². The topological polar surface area (TPSA) is 82.6 Å². The van der Waals surface area contributed by atoms with Crippen LogP contribution in [0.1, 0.15) is 29.4 Å². The second kappa shape index (κ2) is 7.72. The quantitative estimate of drug-likeness (QED) is 0.670. The molecule has 0 radical (unpaired) electrons. The number of anilines is 2. The molecule has 0 fully saturated rings. The van der Waals surface area contributed by atoms with Gasteiger partial charge in [-0.15, -0.1) is 0 Å². The van der Waals surface area contributed by atoms with Crippen LogP contribution in [0.4, 0.5) is 11.4 Å². The Balaban J connectivity index is 1.77. The third kappa shape index (κ3) is 3.55. The smallest absolute Gasteiger partial charge is 0.341 e. The van der Waals surface area contributed by atoms with Gasteiger partial charge in [0.2, 0.25) is 0 Å². The molecule has 3 aromatic rings. The molecule has 0 saturated carbocycles. The predicted octanol–water partition coefficient (Wildman–Crippen LogP) is 4.02. The lowest BCUT2D eigenvalue weighted by Crippen LogP contribution is -2.15. The summed E-state index contributed by atoms with van der Waals surface area (Å²) in [6.07, 6.45) is 2.26. The molecule has 1 N–H and O–H groups in total. The summed E-state index contributed by atoms with van der Waals surface area (Å²) in [5.74, 6) is 0.951. The van der Waals surface area contributed by atoms with E-state index in [0.717, 1.165) is 23.2 Å². The summed E-state index contributed by atoms with van der Waals surface area (Å²) in [6.45, 7) is 5.25. The van der Waals surface area contributed by atoms with Gasteiger partial charge in [0.15, 0.2) is 17.1 Å². The third-order valence-electron chi connectivity index (χ3n) is 4.34. The normalized spacial score (nSPS) is 12.6. The van der Waals surface area contributed by atoms with Crippen LogP contribution in [0.2, 0.25) is 0 Å². The van der Waals surface area contributed by atoms with Crippen LogP contribution < -0.4 is 14.8 Å². The van der Waals surface area contributed by atoms with Crippen LogP contribution in [0.3, 0.4) is 0 Å². The Morgan fingerprint density at radius 3 is 2.82 bits per heavy atom. The van der Waals surface area contributed by atoms with Crippen molar-refractivity contribution >= 4 is 28.4 Å². The minimum atomic E-state index is -0.420. The first kappa shape index (κ1) is 18.0. The number of hydrogen-bond acceptors (Lipinski definition) is 7. The molecule has 7 nitrogen and oxygen atoms in total. The summed E-state index contributed by atoms with van der Waals surface area (Å²) in [4.78, 5) is 21.4. The van der Waals surface area contributed by atoms with Gasteiger partial charge in [-0.3, -0.25) is 0 Å². The predicted molar refractivity (Wildman–Crippen MR) is 106 cm³/mol. The minimum Gasteiger partial charge on any atom is -0.486 e. The Bertz CT molecular complexity index is 1040. The van der Waals surface area contributed by atoms with Gasteiger partial charge in [-0.25, -0.2) is 14.8 Å². The van der Waals surface area contributed by atoms with Gasteiger partial charge in [-0.2, -0.15) is 0 Å². The Hall–Kier alpha value is -3.35. The molecule has 0 amide bonds. The Kier molecular flexibility index (Phi) is 4.97. The van der Waals surface area contributed by atoms with E-state index in [4.69, 9.17) is 14.2 Å². The fourth-order valence-corrected chi connectivity index (χ4v) is 3.00. The second-order valence-electron chi connectivity index (χ2n) is 6.49. The van der Waals surface area contributed by atoms with Gasteiger partial charge in [0.1, 0.15) is 18.8 Å². The van der Waals surface area contributed by atoms with E-state index in [1.807, 2.05) is 44.2 Å². The molecular formula is C21H21N3O4. The first-order chi connectivity index (χ1) is 13.7. The summed E-state index contributed by atoms with van der Waals surface area (Å²) in [5.41, 5.74) is 3.15. The third-order valence-corrected chi connectivity index (χ3v) is 4.34. The number of esters is 1. The molecular weight excluding hydrogens is 358 g/mol. The highest BCUT2D eigenvalue weighted by Gasteiger charge is 2.19. The van der Waals surface area contributed by atoms with Gasteiger partial charge in [-0.05, 0) is 37.6 Å². The maximum atomic E-state index is 12.6. The van der Waals surface area contributed by atoms with E-state index in [-0.39, 0.29) is 0 Å². The van der Waals surface area contributed by atoms with Crippen molar-refractivity contribution in [2.45, 2.75) is 20.3 Å². The average Bonchev–Trinajstić information content (AvgIpc) is 2.72.